The van der Waals surface area contributed by atoms with Gasteiger partial charge in [0.1, 0.15) is 11.6 Å². The smallest absolute Gasteiger partial charge is 0.409 e. The fourth-order valence-electron chi connectivity index (χ4n) is 4.81. The number of carbonyl (C=O) groups excluding carboxylic acids is 1. The van der Waals surface area contributed by atoms with Gasteiger partial charge in [-0.3, -0.25) is 4.72 Å². The Morgan fingerprint density at radius 2 is 1.59 bits per heavy atom. The lowest BCUT2D eigenvalue weighted by molar-refractivity contribution is 0.207. The molecule has 0 fully saturated rings. The molecule has 0 unspecified atom stereocenters. The lowest BCUT2D eigenvalue weighted by atomic mass is 10.0. The number of ether oxygens (including phenoxy) is 1. The van der Waals surface area contributed by atoms with Crippen LogP contribution in [0.5, 0.6) is 5.75 Å². The van der Waals surface area contributed by atoms with Gasteiger partial charge in [-0.2, -0.15) is 0 Å². The van der Waals surface area contributed by atoms with Crippen LogP contribution < -0.4 is 14.2 Å². The van der Waals surface area contributed by atoms with E-state index in [2.05, 4.69) is 16.2 Å². The molecule has 0 aliphatic carbocycles. The molecule has 1 amide bonds. The van der Waals surface area contributed by atoms with E-state index in [9.17, 15) is 21.6 Å². The second kappa shape index (κ2) is 12.9. The highest BCUT2D eigenvalue weighted by molar-refractivity contribution is 7.92. The molecular weight excluding hydrogens is 601 g/mol. The van der Waals surface area contributed by atoms with Crippen LogP contribution in [-0.4, -0.2) is 38.7 Å². The fraction of sp³-hybridized carbons (Fsp3) is 0.188. The van der Waals surface area contributed by atoms with E-state index in [1.165, 1.54) is 12.1 Å². The maximum Gasteiger partial charge on any atom is 0.426 e. The van der Waals surface area contributed by atoms with Gasteiger partial charge in [0, 0.05) is 18.5 Å². The molecule has 0 bridgehead atoms. The second-order valence-electron chi connectivity index (χ2n) is 10.3. The van der Waals surface area contributed by atoms with Crippen molar-refractivity contribution >= 4 is 42.9 Å². The number of hydrogen-bond acceptors (Lipinski definition) is 7. The van der Waals surface area contributed by atoms with Crippen molar-refractivity contribution in [2.24, 2.45) is 0 Å². The van der Waals surface area contributed by atoms with Crippen molar-refractivity contribution < 1.29 is 26.4 Å². The number of aromatic nitrogens is 2. The minimum absolute atomic E-state index is 0.0460. The molecule has 228 valence electrons. The number of nitrogens with one attached hydrogen (secondary N) is 2. The average molecular weight is 633 g/mol. The van der Waals surface area contributed by atoms with Crippen LogP contribution >= 0.6 is 0 Å². The van der Waals surface area contributed by atoms with E-state index in [0.29, 0.717) is 23.3 Å². The SMILES string of the molecule is CCCCc1nc2cc(NS(C)(=O)=O)ccc2n1Cc1ccc(-c2ccccc2OC(=O)NS(=O)(=O)c2ccccc2)cc1. The van der Waals surface area contributed by atoms with E-state index >= 15 is 0 Å². The number of nitrogens with zero attached hydrogens (tertiary/aromatic N) is 2. The zero-order valence-corrected chi connectivity index (χ0v) is 25.9. The molecule has 10 nitrogen and oxygen atoms in total. The van der Waals surface area contributed by atoms with Gasteiger partial charge in [0.2, 0.25) is 10.0 Å². The summed E-state index contributed by atoms with van der Waals surface area (Å²) in [7, 11) is -7.50. The van der Waals surface area contributed by atoms with E-state index < -0.39 is 26.1 Å². The van der Waals surface area contributed by atoms with Crippen molar-refractivity contribution in [2.75, 3.05) is 11.0 Å². The number of benzene rings is 4. The van der Waals surface area contributed by atoms with E-state index in [4.69, 9.17) is 9.72 Å². The highest BCUT2D eigenvalue weighted by Crippen LogP contribution is 2.31. The highest BCUT2D eigenvalue weighted by atomic mass is 32.2. The minimum atomic E-state index is -4.09. The Kier molecular flexibility index (Phi) is 9.02. The van der Waals surface area contributed by atoms with Gasteiger partial charge >= 0.3 is 6.09 Å². The molecule has 12 heteroatoms. The van der Waals surface area contributed by atoms with Gasteiger partial charge in [0.05, 0.1) is 27.9 Å². The molecule has 0 saturated carbocycles. The van der Waals surface area contributed by atoms with Gasteiger partial charge in [-0.15, -0.1) is 0 Å². The number of rotatable bonds is 11. The number of sulfonamides is 2. The number of fused-ring (bicyclic) bond motifs is 1. The van der Waals surface area contributed by atoms with Crippen LogP contribution in [0.15, 0.2) is 102 Å². The molecule has 0 atom stereocenters. The maximum absolute atomic E-state index is 12.6. The van der Waals surface area contributed by atoms with Gasteiger partial charge in [-0.25, -0.2) is 31.3 Å². The molecule has 4 aromatic carbocycles. The quantitative estimate of drug-likeness (QED) is 0.184. The summed E-state index contributed by atoms with van der Waals surface area (Å²) in [5, 5.41) is 0. The van der Waals surface area contributed by atoms with Crippen molar-refractivity contribution in [3.63, 3.8) is 0 Å². The van der Waals surface area contributed by atoms with Crippen LogP contribution in [0.4, 0.5) is 10.5 Å². The lowest BCUT2D eigenvalue weighted by Gasteiger charge is -2.13. The Hall–Kier alpha value is -4.68. The summed E-state index contributed by atoms with van der Waals surface area (Å²) in [5.41, 5.74) is 4.47. The monoisotopic (exact) mass is 632 g/mol. The third-order valence-electron chi connectivity index (χ3n) is 6.85. The molecule has 0 saturated heterocycles. The summed E-state index contributed by atoms with van der Waals surface area (Å²) in [4.78, 5) is 17.3. The van der Waals surface area contributed by atoms with Gasteiger partial charge in [-0.05, 0) is 53.9 Å². The Morgan fingerprint density at radius 1 is 0.886 bits per heavy atom. The summed E-state index contributed by atoms with van der Waals surface area (Å²) in [6, 6.07) is 27.6. The first-order valence-corrected chi connectivity index (χ1v) is 17.3. The van der Waals surface area contributed by atoms with Crippen molar-refractivity contribution in [2.45, 2.75) is 37.6 Å². The predicted molar refractivity (Wildman–Crippen MR) is 171 cm³/mol. The standard InChI is InChI=1S/C32H32N4O6S2/c1-3-4-14-31-33-28-21-25(34-43(2,38)39)19-20-29(28)36(31)22-23-15-17-24(18-16-23)27-12-8-9-13-30(27)42-32(37)35-44(40,41)26-10-6-5-7-11-26/h5-13,15-21,34H,3-4,14,22H2,1-2H3,(H,35,37). The van der Waals surface area contributed by atoms with Gasteiger partial charge < -0.3 is 9.30 Å². The van der Waals surface area contributed by atoms with E-state index in [1.54, 1.807) is 54.6 Å². The zero-order valence-electron chi connectivity index (χ0n) is 24.2. The third kappa shape index (κ3) is 7.44. The molecule has 1 aromatic heterocycles. The van der Waals surface area contributed by atoms with Crippen LogP contribution in [0.1, 0.15) is 31.2 Å². The van der Waals surface area contributed by atoms with Gasteiger partial charge in [-0.1, -0.05) is 74.0 Å². The zero-order chi connectivity index (χ0) is 31.3. The Morgan fingerprint density at radius 3 is 2.30 bits per heavy atom. The largest absolute Gasteiger partial charge is 0.426 e. The molecule has 44 heavy (non-hydrogen) atoms. The average Bonchev–Trinajstić information content (AvgIpc) is 3.32. The van der Waals surface area contributed by atoms with Crippen molar-refractivity contribution in [1.29, 1.82) is 0 Å². The third-order valence-corrected chi connectivity index (χ3v) is 8.79. The normalized spacial score (nSPS) is 11.8. The van der Waals surface area contributed by atoms with Crippen molar-refractivity contribution in [1.82, 2.24) is 14.3 Å². The lowest BCUT2D eigenvalue weighted by Crippen LogP contribution is -2.33. The van der Waals surface area contributed by atoms with E-state index in [-0.39, 0.29) is 10.6 Å². The number of aryl methyl sites for hydroxylation is 1. The number of hydrogen-bond donors (Lipinski definition) is 2. The number of unbranched alkanes of at least 4 members (excludes halogenated alkanes) is 1. The highest BCUT2D eigenvalue weighted by Gasteiger charge is 2.20. The maximum atomic E-state index is 12.6. The first kappa shape index (κ1) is 30.8. The van der Waals surface area contributed by atoms with Crippen LogP contribution in [0.3, 0.4) is 0 Å². The van der Waals surface area contributed by atoms with Crippen molar-refractivity contribution in [3.8, 4) is 16.9 Å². The molecule has 5 aromatic rings. The predicted octanol–water partition coefficient (Wildman–Crippen LogP) is 5.94. The summed E-state index contributed by atoms with van der Waals surface area (Å²) in [5.74, 6) is 1.12. The van der Waals surface area contributed by atoms with Crippen LogP contribution in [0, 0.1) is 0 Å². The van der Waals surface area contributed by atoms with E-state index in [1.807, 2.05) is 35.1 Å². The number of imidazole rings is 1. The fourth-order valence-corrected chi connectivity index (χ4v) is 6.26. The summed E-state index contributed by atoms with van der Waals surface area (Å²) in [6.07, 6.45) is 2.76. The topological polar surface area (TPSA) is 136 Å². The van der Waals surface area contributed by atoms with Crippen LogP contribution in [0.25, 0.3) is 22.2 Å². The molecule has 0 radical (unpaired) electrons. The molecular formula is C32H32N4O6S2. The van der Waals surface area contributed by atoms with Crippen LogP contribution in [0.2, 0.25) is 0 Å². The molecule has 2 N–H and O–H groups in total. The van der Waals surface area contributed by atoms with Gasteiger partial charge in [0.15, 0.2) is 0 Å². The Balaban J connectivity index is 1.36. The molecule has 0 aliphatic heterocycles. The molecule has 0 spiro atoms. The number of carbonyl (C=O) groups is 1. The van der Waals surface area contributed by atoms with E-state index in [0.717, 1.165) is 48.0 Å². The molecule has 5 rings (SSSR count). The van der Waals surface area contributed by atoms with Crippen LogP contribution in [-0.2, 0) is 33.0 Å². The summed E-state index contributed by atoms with van der Waals surface area (Å²) >= 11 is 0. The summed E-state index contributed by atoms with van der Waals surface area (Å²) in [6.45, 7) is 2.67. The first-order valence-electron chi connectivity index (χ1n) is 14.0. The Labute approximate surface area is 256 Å². The second-order valence-corrected chi connectivity index (χ2v) is 13.7. The van der Waals surface area contributed by atoms with Gasteiger partial charge in [0.25, 0.3) is 10.0 Å². The number of amides is 1. The van der Waals surface area contributed by atoms with Crippen molar-refractivity contribution in [3.05, 3.63) is 108 Å². The molecule has 1 heterocycles. The number of para-hydroxylation sites is 1. The minimum Gasteiger partial charge on any atom is -0.409 e. The summed E-state index contributed by atoms with van der Waals surface area (Å²) < 4.78 is 60.5. The Bertz CT molecular complexity index is 2010. The molecule has 0 aliphatic rings. The number of anilines is 1. The first-order chi connectivity index (χ1) is 21.0.